The third-order valence-electron chi connectivity index (χ3n) is 5.59. The molecule has 0 radical (unpaired) electrons. The molecule has 0 aliphatic heterocycles. The van der Waals surface area contributed by atoms with Gasteiger partial charge in [0.15, 0.2) is 0 Å². The first kappa shape index (κ1) is 20.5. The molecule has 1 atom stereocenters. The first-order valence-corrected chi connectivity index (χ1v) is 11.3. The molecular formula is C24H25NO4S. The third-order valence-corrected chi connectivity index (χ3v) is 6.34. The second-order valence-electron chi connectivity index (χ2n) is 7.56. The van der Waals surface area contributed by atoms with E-state index in [1.54, 1.807) is 11.8 Å². The van der Waals surface area contributed by atoms with E-state index in [4.69, 9.17) is 9.15 Å². The number of carbonyl (C=O) groups is 1. The molecule has 2 aromatic carbocycles. The van der Waals surface area contributed by atoms with Crippen molar-refractivity contribution in [3.05, 3.63) is 65.0 Å². The molecule has 6 heteroatoms. The van der Waals surface area contributed by atoms with Crippen molar-refractivity contribution in [3.8, 4) is 17.2 Å². The van der Waals surface area contributed by atoms with Crippen molar-refractivity contribution in [2.24, 2.45) is 5.92 Å². The van der Waals surface area contributed by atoms with Crippen LogP contribution in [0.3, 0.4) is 0 Å². The monoisotopic (exact) mass is 423 g/mol. The zero-order valence-electron chi connectivity index (χ0n) is 17.2. The van der Waals surface area contributed by atoms with Crippen molar-refractivity contribution in [1.29, 1.82) is 0 Å². The van der Waals surface area contributed by atoms with E-state index in [1.807, 2.05) is 37.3 Å². The summed E-state index contributed by atoms with van der Waals surface area (Å²) >= 11 is 1.71. The van der Waals surface area contributed by atoms with Crippen LogP contribution in [0.25, 0.3) is 11.5 Å². The van der Waals surface area contributed by atoms with Crippen molar-refractivity contribution < 1.29 is 19.1 Å². The molecule has 3 aromatic rings. The summed E-state index contributed by atoms with van der Waals surface area (Å²) in [5.74, 6) is 1.29. The molecule has 1 aliphatic carbocycles. The second-order valence-corrected chi connectivity index (χ2v) is 8.44. The smallest absolute Gasteiger partial charge is 0.306 e. The Bertz CT molecular complexity index is 1040. The van der Waals surface area contributed by atoms with Gasteiger partial charge < -0.3 is 14.3 Å². The third kappa shape index (κ3) is 4.54. The highest BCUT2D eigenvalue weighted by molar-refractivity contribution is 7.98. The molecular weight excluding hydrogens is 398 g/mol. The Morgan fingerprint density at radius 1 is 1.23 bits per heavy atom. The van der Waals surface area contributed by atoms with Crippen molar-refractivity contribution in [2.45, 2.75) is 37.5 Å². The molecule has 0 amide bonds. The zero-order valence-corrected chi connectivity index (χ0v) is 18.0. The zero-order chi connectivity index (χ0) is 21.1. The number of fused-ring (bicyclic) bond motifs is 1. The van der Waals surface area contributed by atoms with Gasteiger partial charge in [0.05, 0.1) is 18.2 Å². The van der Waals surface area contributed by atoms with Crippen LogP contribution >= 0.6 is 11.8 Å². The van der Waals surface area contributed by atoms with Gasteiger partial charge in [-0.05, 0) is 80.0 Å². The van der Waals surface area contributed by atoms with Gasteiger partial charge >= 0.3 is 5.97 Å². The fourth-order valence-corrected chi connectivity index (χ4v) is 4.22. The topological polar surface area (TPSA) is 72.6 Å². The van der Waals surface area contributed by atoms with E-state index in [9.17, 15) is 9.90 Å². The predicted molar refractivity (Wildman–Crippen MR) is 117 cm³/mol. The highest BCUT2D eigenvalue weighted by Gasteiger charge is 2.24. The Morgan fingerprint density at radius 3 is 2.77 bits per heavy atom. The van der Waals surface area contributed by atoms with Gasteiger partial charge in [-0.15, -0.1) is 11.8 Å². The van der Waals surface area contributed by atoms with Gasteiger partial charge in [-0.1, -0.05) is 6.07 Å². The minimum atomic E-state index is -0.705. The highest BCUT2D eigenvalue weighted by Crippen LogP contribution is 2.29. The summed E-state index contributed by atoms with van der Waals surface area (Å²) in [6, 6.07) is 14.2. The number of benzene rings is 2. The van der Waals surface area contributed by atoms with Crippen LogP contribution in [-0.2, 0) is 24.1 Å². The number of oxazole rings is 1. The van der Waals surface area contributed by atoms with E-state index in [0.717, 1.165) is 34.8 Å². The molecule has 1 aliphatic rings. The molecule has 30 heavy (non-hydrogen) atoms. The summed E-state index contributed by atoms with van der Waals surface area (Å²) in [5, 5.41) is 9.22. The molecule has 1 N–H and O–H groups in total. The first-order valence-electron chi connectivity index (χ1n) is 10.1. The van der Waals surface area contributed by atoms with Crippen molar-refractivity contribution in [2.75, 3.05) is 12.9 Å². The van der Waals surface area contributed by atoms with E-state index >= 15 is 0 Å². The van der Waals surface area contributed by atoms with Gasteiger partial charge in [0, 0.05) is 16.9 Å². The van der Waals surface area contributed by atoms with Crippen LogP contribution in [0, 0.1) is 12.8 Å². The number of rotatable bonds is 7. The van der Waals surface area contributed by atoms with E-state index in [0.29, 0.717) is 31.8 Å². The molecule has 0 fully saturated rings. The Morgan fingerprint density at radius 2 is 2.03 bits per heavy atom. The number of carboxylic acids is 1. The van der Waals surface area contributed by atoms with E-state index in [2.05, 4.69) is 23.4 Å². The lowest BCUT2D eigenvalue weighted by Crippen LogP contribution is -2.22. The summed E-state index contributed by atoms with van der Waals surface area (Å²) in [6.45, 7) is 2.44. The fourth-order valence-electron chi connectivity index (χ4n) is 3.81. The van der Waals surface area contributed by atoms with Crippen molar-refractivity contribution in [3.63, 3.8) is 0 Å². The first-order chi connectivity index (χ1) is 14.5. The van der Waals surface area contributed by atoms with Gasteiger partial charge in [0.25, 0.3) is 0 Å². The fraction of sp³-hybridized carbons (Fsp3) is 0.333. The lowest BCUT2D eigenvalue weighted by molar-refractivity contribution is -0.142. The SMILES string of the molecule is CSc1ccc(-c2nc(CCOc3ccc4c(c3)CCC(C(=O)O)C4)c(C)o2)cc1. The normalized spacial score (nSPS) is 15.6. The molecule has 4 rings (SSSR count). The van der Waals surface area contributed by atoms with Crippen LogP contribution in [-0.4, -0.2) is 28.9 Å². The number of aryl methyl sites for hydroxylation is 2. The maximum atomic E-state index is 11.2. The molecule has 0 saturated carbocycles. The largest absolute Gasteiger partial charge is 0.493 e. The van der Waals surface area contributed by atoms with Gasteiger partial charge in [0.2, 0.25) is 5.89 Å². The Hall–Kier alpha value is -2.73. The summed E-state index contributed by atoms with van der Waals surface area (Å²) in [4.78, 5) is 17.1. The maximum absolute atomic E-state index is 11.2. The van der Waals surface area contributed by atoms with E-state index in [1.165, 1.54) is 10.5 Å². The summed E-state index contributed by atoms with van der Waals surface area (Å²) < 4.78 is 11.8. The molecule has 5 nitrogen and oxygen atoms in total. The average Bonchev–Trinajstić information content (AvgIpc) is 3.13. The Kier molecular flexibility index (Phi) is 6.13. The summed E-state index contributed by atoms with van der Waals surface area (Å²) in [7, 11) is 0. The number of aromatic nitrogens is 1. The Balaban J connectivity index is 1.37. The van der Waals surface area contributed by atoms with Crippen LogP contribution in [0.4, 0.5) is 0 Å². The van der Waals surface area contributed by atoms with Crippen LogP contribution < -0.4 is 4.74 Å². The number of ether oxygens (including phenoxy) is 1. The van der Waals surface area contributed by atoms with Crippen LogP contribution in [0.5, 0.6) is 5.75 Å². The molecule has 1 unspecified atom stereocenters. The van der Waals surface area contributed by atoms with Crippen LogP contribution in [0.2, 0.25) is 0 Å². The lowest BCUT2D eigenvalue weighted by Gasteiger charge is -2.22. The molecule has 0 saturated heterocycles. The van der Waals surface area contributed by atoms with Gasteiger partial charge in [0.1, 0.15) is 11.5 Å². The van der Waals surface area contributed by atoms with Crippen molar-refractivity contribution in [1.82, 2.24) is 4.98 Å². The quantitative estimate of drug-likeness (QED) is 0.528. The standard InChI is InChI=1S/C24H25NO4S/c1-15-22(25-23(29-15)16-6-9-21(30-2)10-7-16)11-12-28-20-8-5-17-13-19(24(26)27)4-3-18(17)14-20/h5-10,14,19H,3-4,11-13H2,1-2H3,(H,26,27). The van der Waals surface area contributed by atoms with Crippen LogP contribution in [0.15, 0.2) is 51.8 Å². The molecule has 1 aromatic heterocycles. The molecule has 1 heterocycles. The van der Waals surface area contributed by atoms with Gasteiger partial charge in [-0.2, -0.15) is 0 Å². The highest BCUT2D eigenvalue weighted by atomic mass is 32.2. The van der Waals surface area contributed by atoms with E-state index < -0.39 is 5.97 Å². The van der Waals surface area contributed by atoms with Gasteiger partial charge in [-0.25, -0.2) is 4.98 Å². The molecule has 0 bridgehead atoms. The van der Waals surface area contributed by atoms with E-state index in [-0.39, 0.29) is 5.92 Å². The second kappa shape index (κ2) is 8.96. The minimum Gasteiger partial charge on any atom is -0.493 e. The predicted octanol–water partition coefficient (Wildman–Crippen LogP) is 5.18. The summed E-state index contributed by atoms with van der Waals surface area (Å²) in [6.07, 6.45) is 4.78. The Labute approximate surface area is 180 Å². The summed E-state index contributed by atoms with van der Waals surface area (Å²) in [5.41, 5.74) is 4.18. The molecule has 0 spiro atoms. The number of hydrogen-bond acceptors (Lipinski definition) is 5. The number of carboxylic acid groups (broad SMARTS) is 1. The number of nitrogens with zero attached hydrogens (tertiary/aromatic N) is 1. The van der Waals surface area contributed by atoms with Gasteiger partial charge in [-0.3, -0.25) is 4.79 Å². The number of aliphatic carboxylic acids is 1. The molecule has 156 valence electrons. The number of hydrogen-bond donors (Lipinski definition) is 1. The average molecular weight is 424 g/mol. The minimum absolute atomic E-state index is 0.273. The number of thioether (sulfide) groups is 1. The van der Waals surface area contributed by atoms with Crippen molar-refractivity contribution >= 4 is 17.7 Å². The maximum Gasteiger partial charge on any atom is 0.306 e. The van der Waals surface area contributed by atoms with Crippen LogP contribution in [0.1, 0.15) is 29.0 Å². The lowest BCUT2D eigenvalue weighted by atomic mass is 9.84.